The minimum absolute atomic E-state index is 0.361. The lowest BCUT2D eigenvalue weighted by Gasteiger charge is -2.34. The van der Waals surface area contributed by atoms with Crippen LogP contribution in [0.1, 0.15) is 51.4 Å². The molecular weight excluding hydrogens is 200 g/mol. The van der Waals surface area contributed by atoms with Crippen LogP contribution in [0.3, 0.4) is 0 Å². The average molecular weight is 224 g/mol. The van der Waals surface area contributed by atoms with Crippen molar-refractivity contribution in [2.45, 2.75) is 57.4 Å². The van der Waals surface area contributed by atoms with Gasteiger partial charge in [-0.25, -0.2) is 0 Å². The lowest BCUT2D eigenvalue weighted by molar-refractivity contribution is -0.135. The number of amides is 1. The Bertz CT molecular complexity index is 232. The molecule has 1 amide bonds. The zero-order chi connectivity index (χ0) is 11.4. The molecule has 2 saturated carbocycles. The third kappa shape index (κ3) is 2.97. The first kappa shape index (κ1) is 11.9. The number of carbonyl (C=O) groups excluding carboxylic acids is 1. The highest BCUT2D eigenvalue weighted by Gasteiger charge is 2.36. The van der Waals surface area contributed by atoms with Crippen molar-refractivity contribution >= 4 is 5.91 Å². The summed E-state index contributed by atoms with van der Waals surface area (Å²) in [4.78, 5) is 14.4. The normalized spacial score (nSPS) is 22.1. The number of carbonyl (C=O) groups is 1. The Morgan fingerprint density at radius 3 is 2.38 bits per heavy atom. The van der Waals surface area contributed by atoms with Gasteiger partial charge in [-0.05, 0) is 38.6 Å². The van der Waals surface area contributed by atoms with Gasteiger partial charge in [0.25, 0.3) is 0 Å². The van der Waals surface area contributed by atoms with Crippen molar-refractivity contribution in [1.82, 2.24) is 4.90 Å². The summed E-state index contributed by atoms with van der Waals surface area (Å²) in [7, 11) is 0. The van der Waals surface area contributed by atoms with Crippen molar-refractivity contribution < 1.29 is 4.79 Å². The van der Waals surface area contributed by atoms with E-state index in [9.17, 15) is 4.79 Å². The fraction of sp³-hybridized carbons (Fsp3) is 0.923. The Kier molecular flexibility index (Phi) is 4.22. The van der Waals surface area contributed by atoms with E-state index >= 15 is 0 Å². The Balaban J connectivity index is 1.91. The molecule has 0 saturated heterocycles. The summed E-state index contributed by atoms with van der Waals surface area (Å²) in [5, 5.41) is 0. The molecule has 2 fully saturated rings. The summed E-state index contributed by atoms with van der Waals surface area (Å²) in [6.45, 7) is 1.58. The molecule has 0 aromatic carbocycles. The van der Waals surface area contributed by atoms with Crippen LogP contribution in [-0.2, 0) is 4.79 Å². The van der Waals surface area contributed by atoms with E-state index in [1.54, 1.807) is 0 Å². The second-order valence-corrected chi connectivity index (χ2v) is 5.24. The van der Waals surface area contributed by atoms with E-state index in [-0.39, 0.29) is 0 Å². The number of hydrogen-bond acceptors (Lipinski definition) is 2. The minimum atomic E-state index is 0.361. The highest BCUT2D eigenvalue weighted by atomic mass is 16.2. The minimum Gasteiger partial charge on any atom is -0.339 e. The third-order valence-corrected chi connectivity index (χ3v) is 3.83. The lowest BCUT2D eigenvalue weighted by Crippen LogP contribution is -2.43. The monoisotopic (exact) mass is 224 g/mol. The second-order valence-electron chi connectivity index (χ2n) is 5.24. The van der Waals surface area contributed by atoms with Gasteiger partial charge < -0.3 is 10.6 Å². The summed E-state index contributed by atoms with van der Waals surface area (Å²) < 4.78 is 0. The molecule has 0 unspecified atom stereocenters. The zero-order valence-electron chi connectivity index (χ0n) is 10.2. The summed E-state index contributed by atoms with van der Waals surface area (Å²) in [6.07, 6.45) is 9.54. The molecule has 2 N–H and O–H groups in total. The summed E-state index contributed by atoms with van der Waals surface area (Å²) in [5.41, 5.74) is 5.56. The molecule has 0 aliphatic heterocycles. The maximum absolute atomic E-state index is 12.2. The van der Waals surface area contributed by atoms with E-state index in [0.29, 0.717) is 24.4 Å². The van der Waals surface area contributed by atoms with Gasteiger partial charge >= 0.3 is 0 Å². The highest BCUT2D eigenvalue weighted by molar-refractivity contribution is 5.81. The molecular formula is C13H24N2O. The van der Waals surface area contributed by atoms with E-state index in [2.05, 4.69) is 4.90 Å². The molecule has 92 valence electrons. The van der Waals surface area contributed by atoms with Crippen LogP contribution in [0.15, 0.2) is 0 Å². The molecule has 2 aliphatic carbocycles. The van der Waals surface area contributed by atoms with Gasteiger partial charge in [0, 0.05) is 18.5 Å². The topological polar surface area (TPSA) is 46.3 Å². The molecule has 16 heavy (non-hydrogen) atoms. The number of nitrogens with two attached hydrogens (primary N) is 1. The van der Waals surface area contributed by atoms with Crippen molar-refractivity contribution in [1.29, 1.82) is 0 Å². The molecule has 3 heteroatoms. The quantitative estimate of drug-likeness (QED) is 0.775. The van der Waals surface area contributed by atoms with Crippen LogP contribution < -0.4 is 5.73 Å². The Morgan fingerprint density at radius 1 is 1.12 bits per heavy atom. The van der Waals surface area contributed by atoms with Gasteiger partial charge in [0.1, 0.15) is 0 Å². The van der Waals surface area contributed by atoms with Gasteiger partial charge in [0.05, 0.1) is 0 Å². The summed E-state index contributed by atoms with van der Waals surface area (Å²) in [6, 6.07) is 0.522. The Labute approximate surface area is 98.4 Å². The van der Waals surface area contributed by atoms with E-state index < -0.39 is 0 Å². The van der Waals surface area contributed by atoms with Crippen LogP contribution in [0.5, 0.6) is 0 Å². The van der Waals surface area contributed by atoms with Crippen molar-refractivity contribution in [2.24, 2.45) is 11.7 Å². The highest BCUT2D eigenvalue weighted by Crippen LogP contribution is 2.33. The molecule has 0 spiro atoms. The van der Waals surface area contributed by atoms with Crippen molar-refractivity contribution in [3.05, 3.63) is 0 Å². The SMILES string of the molecule is NCCCN(C(=O)C1CC1)C1CCCCC1. The van der Waals surface area contributed by atoms with Gasteiger partial charge in [0.15, 0.2) is 0 Å². The van der Waals surface area contributed by atoms with Crippen LogP contribution in [0, 0.1) is 5.92 Å². The van der Waals surface area contributed by atoms with Crippen LogP contribution in [-0.4, -0.2) is 29.9 Å². The molecule has 2 rings (SSSR count). The molecule has 0 bridgehead atoms. The molecule has 0 heterocycles. The van der Waals surface area contributed by atoms with Gasteiger partial charge in [-0.3, -0.25) is 4.79 Å². The first-order chi connectivity index (χ1) is 7.83. The van der Waals surface area contributed by atoms with E-state index in [1.807, 2.05) is 0 Å². The largest absolute Gasteiger partial charge is 0.339 e. The van der Waals surface area contributed by atoms with Crippen LogP contribution >= 0.6 is 0 Å². The fourth-order valence-corrected chi connectivity index (χ4v) is 2.69. The Hall–Kier alpha value is -0.570. The standard InChI is InChI=1S/C13H24N2O/c14-9-4-10-15(13(16)11-7-8-11)12-5-2-1-3-6-12/h11-12H,1-10,14H2. The van der Waals surface area contributed by atoms with Crippen LogP contribution in [0.4, 0.5) is 0 Å². The first-order valence-electron chi connectivity index (χ1n) is 6.83. The van der Waals surface area contributed by atoms with Gasteiger partial charge in [-0.1, -0.05) is 19.3 Å². The molecule has 0 radical (unpaired) electrons. The molecule has 0 atom stereocenters. The van der Waals surface area contributed by atoms with E-state index in [0.717, 1.165) is 25.8 Å². The zero-order valence-corrected chi connectivity index (χ0v) is 10.2. The van der Waals surface area contributed by atoms with Gasteiger partial charge in [-0.15, -0.1) is 0 Å². The van der Waals surface area contributed by atoms with Gasteiger partial charge in [0.2, 0.25) is 5.91 Å². The summed E-state index contributed by atoms with van der Waals surface area (Å²) in [5.74, 6) is 0.778. The maximum Gasteiger partial charge on any atom is 0.225 e. The molecule has 2 aliphatic rings. The predicted octanol–water partition coefficient (Wildman–Crippen LogP) is 1.91. The fourth-order valence-electron chi connectivity index (χ4n) is 2.69. The predicted molar refractivity (Wildman–Crippen MR) is 65.0 cm³/mol. The second kappa shape index (κ2) is 5.67. The average Bonchev–Trinajstić information content (AvgIpc) is 3.14. The number of nitrogens with zero attached hydrogens (tertiary/aromatic N) is 1. The lowest BCUT2D eigenvalue weighted by atomic mass is 9.93. The molecule has 3 nitrogen and oxygen atoms in total. The van der Waals surface area contributed by atoms with Crippen molar-refractivity contribution in [3.8, 4) is 0 Å². The Morgan fingerprint density at radius 2 is 1.81 bits per heavy atom. The number of hydrogen-bond donors (Lipinski definition) is 1. The van der Waals surface area contributed by atoms with Crippen molar-refractivity contribution in [2.75, 3.05) is 13.1 Å². The van der Waals surface area contributed by atoms with Crippen LogP contribution in [0.25, 0.3) is 0 Å². The van der Waals surface area contributed by atoms with Crippen LogP contribution in [0.2, 0.25) is 0 Å². The first-order valence-corrected chi connectivity index (χ1v) is 6.83. The number of rotatable bonds is 5. The maximum atomic E-state index is 12.2. The van der Waals surface area contributed by atoms with Crippen molar-refractivity contribution in [3.63, 3.8) is 0 Å². The van der Waals surface area contributed by atoms with E-state index in [1.165, 1.54) is 32.1 Å². The molecule has 0 aromatic heterocycles. The smallest absolute Gasteiger partial charge is 0.225 e. The van der Waals surface area contributed by atoms with Gasteiger partial charge in [-0.2, -0.15) is 0 Å². The summed E-state index contributed by atoms with van der Waals surface area (Å²) >= 11 is 0. The third-order valence-electron chi connectivity index (χ3n) is 3.83. The molecule has 0 aromatic rings. The van der Waals surface area contributed by atoms with E-state index in [4.69, 9.17) is 5.73 Å².